The fourth-order valence-electron chi connectivity index (χ4n) is 1.34. The van der Waals surface area contributed by atoms with Gasteiger partial charge in [-0.1, -0.05) is 0 Å². The van der Waals surface area contributed by atoms with E-state index in [-0.39, 0.29) is 0 Å². The summed E-state index contributed by atoms with van der Waals surface area (Å²) in [6, 6.07) is 9.60. The molecule has 2 rings (SSSR count). The van der Waals surface area contributed by atoms with Crippen molar-refractivity contribution in [3.8, 4) is 0 Å². The molecule has 0 amide bonds. The highest BCUT2D eigenvalue weighted by Gasteiger charge is 1.97. The first-order valence-electron chi connectivity index (χ1n) is 4.79. The molecule has 0 saturated carbocycles. The quantitative estimate of drug-likeness (QED) is 0.731. The van der Waals surface area contributed by atoms with E-state index in [1.165, 1.54) is 0 Å². The van der Waals surface area contributed by atoms with Crippen LogP contribution in [0.5, 0.6) is 0 Å². The third-order valence-electron chi connectivity index (χ3n) is 2.21. The number of pyridine rings is 1. The first-order chi connectivity index (χ1) is 7.25. The van der Waals surface area contributed by atoms with Gasteiger partial charge >= 0.3 is 0 Å². The van der Waals surface area contributed by atoms with E-state index in [9.17, 15) is 0 Å². The third kappa shape index (κ3) is 2.26. The Bertz CT molecular complexity index is 449. The molecule has 0 saturated heterocycles. The lowest BCUT2D eigenvalue weighted by molar-refractivity contribution is 1.26. The zero-order valence-electron chi connectivity index (χ0n) is 8.57. The van der Waals surface area contributed by atoms with Gasteiger partial charge in [0.05, 0.1) is 0 Å². The molecule has 0 atom stereocenters. The minimum Gasteiger partial charge on any atom is -0.399 e. The van der Waals surface area contributed by atoms with Gasteiger partial charge < -0.3 is 11.1 Å². The lowest BCUT2D eigenvalue weighted by atomic mass is 10.2. The van der Waals surface area contributed by atoms with Crippen LogP contribution in [-0.2, 0) is 0 Å². The maximum atomic E-state index is 5.61. The Morgan fingerprint density at radius 3 is 2.53 bits per heavy atom. The Labute approximate surface area is 89.0 Å². The molecule has 0 bridgehead atoms. The number of anilines is 3. The molecule has 1 aromatic carbocycles. The second-order valence-electron chi connectivity index (χ2n) is 3.44. The molecular weight excluding hydrogens is 186 g/mol. The second-order valence-corrected chi connectivity index (χ2v) is 3.44. The molecule has 0 aliphatic rings. The maximum absolute atomic E-state index is 5.61. The third-order valence-corrected chi connectivity index (χ3v) is 2.21. The van der Waals surface area contributed by atoms with Crippen molar-refractivity contribution in [3.63, 3.8) is 0 Å². The van der Waals surface area contributed by atoms with Gasteiger partial charge in [-0.25, -0.2) is 0 Å². The van der Waals surface area contributed by atoms with Gasteiger partial charge in [0.1, 0.15) is 0 Å². The number of nitrogens with zero attached hydrogens (tertiary/aromatic N) is 1. The van der Waals surface area contributed by atoms with Crippen molar-refractivity contribution >= 4 is 17.1 Å². The number of rotatable bonds is 2. The number of nitrogens with one attached hydrogen (secondary N) is 1. The van der Waals surface area contributed by atoms with E-state index in [2.05, 4.69) is 10.3 Å². The van der Waals surface area contributed by atoms with Crippen molar-refractivity contribution in [1.29, 1.82) is 0 Å². The summed E-state index contributed by atoms with van der Waals surface area (Å²) in [5, 5.41) is 3.30. The van der Waals surface area contributed by atoms with Gasteiger partial charge in [-0.05, 0) is 42.8 Å². The summed E-state index contributed by atoms with van der Waals surface area (Å²) in [6.07, 6.45) is 3.60. The standard InChI is InChI=1S/C12H13N3/c1-9-8-14-7-6-12(9)15-11-4-2-10(13)3-5-11/h2-8H,13H2,1H3,(H,14,15). The van der Waals surface area contributed by atoms with Crippen molar-refractivity contribution in [2.45, 2.75) is 6.92 Å². The summed E-state index contributed by atoms with van der Waals surface area (Å²) in [7, 11) is 0. The summed E-state index contributed by atoms with van der Waals surface area (Å²) in [6.45, 7) is 2.02. The number of hydrogen-bond donors (Lipinski definition) is 2. The normalized spacial score (nSPS) is 9.93. The van der Waals surface area contributed by atoms with Crippen molar-refractivity contribution < 1.29 is 0 Å². The monoisotopic (exact) mass is 199 g/mol. The van der Waals surface area contributed by atoms with Crippen LogP contribution in [0.3, 0.4) is 0 Å². The first kappa shape index (κ1) is 9.52. The highest BCUT2D eigenvalue weighted by molar-refractivity contribution is 5.63. The summed E-state index contributed by atoms with van der Waals surface area (Å²) in [5.41, 5.74) is 9.59. The summed E-state index contributed by atoms with van der Waals surface area (Å²) >= 11 is 0. The Hall–Kier alpha value is -2.03. The van der Waals surface area contributed by atoms with Crippen LogP contribution in [0.1, 0.15) is 5.56 Å². The van der Waals surface area contributed by atoms with Gasteiger partial charge in [-0.2, -0.15) is 0 Å². The van der Waals surface area contributed by atoms with E-state index in [0.717, 1.165) is 22.6 Å². The van der Waals surface area contributed by atoms with Crippen LogP contribution in [0.15, 0.2) is 42.7 Å². The average molecular weight is 199 g/mol. The van der Waals surface area contributed by atoms with E-state index in [4.69, 9.17) is 5.73 Å². The molecule has 3 N–H and O–H groups in total. The van der Waals surface area contributed by atoms with E-state index in [0.29, 0.717) is 0 Å². The Balaban J connectivity index is 2.22. The molecule has 3 nitrogen and oxygen atoms in total. The molecule has 76 valence electrons. The summed E-state index contributed by atoms with van der Waals surface area (Å²) in [4.78, 5) is 4.04. The number of aromatic nitrogens is 1. The van der Waals surface area contributed by atoms with Crippen LogP contribution >= 0.6 is 0 Å². The molecule has 1 heterocycles. The van der Waals surface area contributed by atoms with Gasteiger partial charge in [-0.3, -0.25) is 4.98 Å². The smallest absolute Gasteiger partial charge is 0.0444 e. The van der Waals surface area contributed by atoms with Gasteiger partial charge in [-0.15, -0.1) is 0 Å². The first-order valence-corrected chi connectivity index (χ1v) is 4.79. The molecule has 1 aromatic heterocycles. The van der Waals surface area contributed by atoms with Gasteiger partial charge in [0.15, 0.2) is 0 Å². The lowest BCUT2D eigenvalue weighted by Crippen LogP contribution is -1.93. The number of benzene rings is 1. The fraction of sp³-hybridized carbons (Fsp3) is 0.0833. The molecule has 15 heavy (non-hydrogen) atoms. The zero-order valence-corrected chi connectivity index (χ0v) is 8.57. The zero-order chi connectivity index (χ0) is 10.7. The van der Waals surface area contributed by atoms with E-state index < -0.39 is 0 Å². The number of hydrogen-bond acceptors (Lipinski definition) is 3. The predicted molar refractivity (Wildman–Crippen MR) is 63.1 cm³/mol. The van der Waals surface area contributed by atoms with Crippen LogP contribution in [0.4, 0.5) is 17.1 Å². The predicted octanol–water partition coefficient (Wildman–Crippen LogP) is 2.72. The van der Waals surface area contributed by atoms with Crippen LogP contribution in [0, 0.1) is 6.92 Å². The number of nitrogens with two attached hydrogens (primary N) is 1. The maximum Gasteiger partial charge on any atom is 0.0444 e. The number of nitrogen functional groups attached to an aromatic ring is 1. The van der Waals surface area contributed by atoms with Gasteiger partial charge in [0.25, 0.3) is 0 Å². The fourth-order valence-corrected chi connectivity index (χ4v) is 1.34. The highest BCUT2D eigenvalue weighted by Crippen LogP contribution is 2.19. The van der Waals surface area contributed by atoms with Crippen LogP contribution in [-0.4, -0.2) is 4.98 Å². The van der Waals surface area contributed by atoms with Crippen LogP contribution in [0.2, 0.25) is 0 Å². The largest absolute Gasteiger partial charge is 0.399 e. The molecule has 3 heteroatoms. The summed E-state index contributed by atoms with van der Waals surface area (Å²) in [5.74, 6) is 0. The molecule has 2 aromatic rings. The van der Waals surface area contributed by atoms with Crippen LogP contribution in [0.25, 0.3) is 0 Å². The van der Waals surface area contributed by atoms with Crippen molar-refractivity contribution in [2.75, 3.05) is 11.1 Å². The highest BCUT2D eigenvalue weighted by atomic mass is 14.9. The van der Waals surface area contributed by atoms with E-state index >= 15 is 0 Å². The topological polar surface area (TPSA) is 50.9 Å². The van der Waals surface area contributed by atoms with E-state index in [1.807, 2.05) is 43.5 Å². The average Bonchev–Trinajstić information content (AvgIpc) is 2.25. The number of aryl methyl sites for hydroxylation is 1. The minimum absolute atomic E-state index is 0.770. The summed E-state index contributed by atoms with van der Waals surface area (Å²) < 4.78 is 0. The molecule has 0 fully saturated rings. The van der Waals surface area contributed by atoms with Crippen molar-refractivity contribution in [1.82, 2.24) is 4.98 Å². The Kier molecular flexibility index (Phi) is 2.54. The molecular formula is C12H13N3. The van der Waals surface area contributed by atoms with Crippen molar-refractivity contribution in [3.05, 3.63) is 48.3 Å². The molecule has 0 aliphatic carbocycles. The van der Waals surface area contributed by atoms with E-state index in [1.54, 1.807) is 6.20 Å². The molecule has 0 aliphatic heterocycles. The van der Waals surface area contributed by atoms with Gasteiger partial charge in [0.2, 0.25) is 0 Å². The Morgan fingerprint density at radius 2 is 1.87 bits per heavy atom. The minimum atomic E-state index is 0.770. The van der Waals surface area contributed by atoms with Crippen LogP contribution < -0.4 is 11.1 Å². The van der Waals surface area contributed by atoms with Crippen molar-refractivity contribution in [2.24, 2.45) is 0 Å². The second kappa shape index (κ2) is 4.00. The molecule has 0 unspecified atom stereocenters. The Morgan fingerprint density at radius 1 is 1.13 bits per heavy atom. The molecule has 0 spiro atoms. The lowest BCUT2D eigenvalue weighted by Gasteiger charge is -2.08. The van der Waals surface area contributed by atoms with Gasteiger partial charge in [0, 0.05) is 29.5 Å². The molecule has 0 radical (unpaired) electrons. The SMILES string of the molecule is Cc1cnccc1Nc1ccc(N)cc1.